The largest absolute Gasteiger partial charge is 0.494 e. The van der Waals surface area contributed by atoms with E-state index in [9.17, 15) is 4.79 Å². The first-order valence-corrected chi connectivity index (χ1v) is 9.50. The van der Waals surface area contributed by atoms with E-state index in [0.717, 1.165) is 0 Å². The molecule has 0 fully saturated rings. The predicted octanol–water partition coefficient (Wildman–Crippen LogP) is 3.35. The molecule has 0 spiro atoms. The number of benzene rings is 1. The van der Waals surface area contributed by atoms with E-state index in [0.29, 0.717) is 46.0 Å². The maximum atomic E-state index is 12.4. The molecule has 0 radical (unpaired) electrons. The van der Waals surface area contributed by atoms with E-state index < -0.39 is 0 Å². The van der Waals surface area contributed by atoms with Crippen molar-refractivity contribution in [2.45, 2.75) is 6.92 Å². The van der Waals surface area contributed by atoms with Gasteiger partial charge in [0.1, 0.15) is 11.4 Å². The number of hydrogen-bond acceptors (Lipinski definition) is 6. The summed E-state index contributed by atoms with van der Waals surface area (Å²) in [4.78, 5) is 29.2. The molecule has 0 bridgehead atoms. The topological polar surface area (TPSA) is 112 Å². The summed E-state index contributed by atoms with van der Waals surface area (Å²) in [5.41, 5.74) is 9.90. The number of fused-ring (bicyclic) bond motifs is 1. The quantitative estimate of drug-likeness (QED) is 0.485. The highest BCUT2D eigenvalue weighted by atomic mass is 16.5. The second-order valence-electron chi connectivity index (χ2n) is 6.61. The third-order valence-corrected chi connectivity index (χ3v) is 4.73. The van der Waals surface area contributed by atoms with Crippen molar-refractivity contribution < 1.29 is 9.53 Å². The van der Waals surface area contributed by atoms with Gasteiger partial charge in [-0.15, -0.1) is 0 Å². The van der Waals surface area contributed by atoms with Gasteiger partial charge in [-0.05, 0) is 24.6 Å². The van der Waals surface area contributed by atoms with E-state index in [1.54, 1.807) is 54.4 Å². The number of amides is 1. The lowest BCUT2D eigenvalue weighted by Crippen LogP contribution is -2.22. The van der Waals surface area contributed by atoms with Crippen LogP contribution in [0.4, 0.5) is 11.6 Å². The van der Waals surface area contributed by atoms with Crippen LogP contribution in [0.15, 0.2) is 48.9 Å². The highest BCUT2D eigenvalue weighted by Crippen LogP contribution is 2.40. The van der Waals surface area contributed by atoms with Crippen LogP contribution in [0.2, 0.25) is 0 Å². The molecule has 0 aliphatic carbocycles. The minimum atomic E-state index is -0.310. The lowest BCUT2D eigenvalue weighted by molar-refractivity contribution is 0.0951. The van der Waals surface area contributed by atoms with Gasteiger partial charge in [0.25, 0.3) is 5.91 Å². The number of methoxy groups -OCH3 is 1. The number of hydrogen-bond donors (Lipinski definition) is 2. The Morgan fingerprint density at radius 1 is 1.32 bits per heavy atom. The standard InChI is InChI=1S/C22H19N7O2/c1-4-26-21(30)16-12-29-20(27-16)18(15-8-9-25-11-17(15)31-3)19(28-22(29)23)13-6-5-7-14(10-13)24-2/h5-12H,4H2,1,3H3,(H2,23,28)(H,26,30). The monoisotopic (exact) mass is 413 g/mol. The smallest absolute Gasteiger partial charge is 0.271 e. The molecule has 0 unspecified atom stereocenters. The summed E-state index contributed by atoms with van der Waals surface area (Å²) in [6.45, 7) is 9.64. The van der Waals surface area contributed by atoms with Gasteiger partial charge < -0.3 is 15.8 Å². The average molecular weight is 413 g/mol. The van der Waals surface area contributed by atoms with Crippen LogP contribution in [0.1, 0.15) is 17.4 Å². The number of nitrogens with two attached hydrogens (primary N) is 1. The van der Waals surface area contributed by atoms with Gasteiger partial charge in [-0.1, -0.05) is 18.2 Å². The Bertz CT molecular complexity index is 1340. The minimum Gasteiger partial charge on any atom is -0.494 e. The molecule has 3 aromatic heterocycles. The van der Waals surface area contributed by atoms with E-state index in [1.165, 1.54) is 0 Å². The van der Waals surface area contributed by atoms with Crippen molar-refractivity contribution in [1.82, 2.24) is 24.7 Å². The number of carbonyl (C=O) groups excluding carboxylic acids is 1. The maximum Gasteiger partial charge on any atom is 0.271 e. The van der Waals surface area contributed by atoms with Crippen molar-refractivity contribution >= 4 is 23.2 Å². The lowest BCUT2D eigenvalue weighted by Gasteiger charge is -2.15. The van der Waals surface area contributed by atoms with Gasteiger partial charge in [0.2, 0.25) is 5.95 Å². The molecule has 0 atom stereocenters. The predicted molar refractivity (Wildman–Crippen MR) is 117 cm³/mol. The summed E-state index contributed by atoms with van der Waals surface area (Å²) in [5, 5.41) is 2.74. The molecule has 9 heteroatoms. The summed E-state index contributed by atoms with van der Waals surface area (Å²) in [5.74, 6) is 0.369. The van der Waals surface area contributed by atoms with Gasteiger partial charge >= 0.3 is 0 Å². The Morgan fingerprint density at radius 2 is 2.16 bits per heavy atom. The number of rotatable bonds is 5. The average Bonchev–Trinajstić information content (AvgIpc) is 3.25. The number of anilines is 1. The molecule has 1 amide bonds. The van der Waals surface area contributed by atoms with Gasteiger partial charge in [0.15, 0.2) is 11.3 Å². The summed E-state index contributed by atoms with van der Waals surface area (Å²) in [6, 6.07) is 8.86. The third kappa shape index (κ3) is 3.51. The fraction of sp³-hybridized carbons (Fsp3) is 0.136. The van der Waals surface area contributed by atoms with Gasteiger partial charge in [-0.3, -0.25) is 14.2 Å². The van der Waals surface area contributed by atoms with Crippen LogP contribution in [0, 0.1) is 6.57 Å². The third-order valence-electron chi connectivity index (χ3n) is 4.73. The van der Waals surface area contributed by atoms with E-state index >= 15 is 0 Å². The van der Waals surface area contributed by atoms with Crippen LogP contribution in [0.5, 0.6) is 5.75 Å². The molecule has 9 nitrogen and oxygen atoms in total. The van der Waals surface area contributed by atoms with Crippen molar-refractivity contribution in [3.63, 3.8) is 0 Å². The fourth-order valence-electron chi connectivity index (χ4n) is 3.35. The number of nitrogens with zero attached hydrogens (tertiary/aromatic N) is 5. The van der Waals surface area contributed by atoms with Crippen molar-refractivity contribution in [2.24, 2.45) is 0 Å². The molecule has 0 aliphatic rings. The van der Waals surface area contributed by atoms with Crippen molar-refractivity contribution in [1.29, 1.82) is 0 Å². The second kappa shape index (κ2) is 8.12. The number of nitrogen functional groups attached to an aromatic ring is 1. The molecule has 4 rings (SSSR count). The van der Waals surface area contributed by atoms with Gasteiger partial charge in [-0.25, -0.2) is 14.8 Å². The SMILES string of the molecule is [C-]#[N+]c1cccc(-c2nc(N)n3cc(C(=O)NCC)nc3c2-c2ccncc2OC)c1. The second-order valence-corrected chi connectivity index (χ2v) is 6.61. The van der Waals surface area contributed by atoms with Crippen LogP contribution in [-0.4, -0.2) is 38.9 Å². The van der Waals surface area contributed by atoms with E-state index in [-0.39, 0.29) is 17.5 Å². The summed E-state index contributed by atoms with van der Waals surface area (Å²) >= 11 is 0. The van der Waals surface area contributed by atoms with E-state index in [4.69, 9.17) is 17.0 Å². The lowest BCUT2D eigenvalue weighted by atomic mass is 10.00. The van der Waals surface area contributed by atoms with E-state index in [2.05, 4.69) is 25.1 Å². The first-order valence-electron chi connectivity index (χ1n) is 9.50. The molecule has 0 saturated heterocycles. The van der Waals surface area contributed by atoms with Crippen molar-refractivity contribution in [3.05, 3.63) is 66.0 Å². The fourth-order valence-corrected chi connectivity index (χ4v) is 3.35. The van der Waals surface area contributed by atoms with Gasteiger partial charge in [0, 0.05) is 24.5 Å². The Labute approximate surface area is 178 Å². The molecule has 0 aliphatic heterocycles. The summed E-state index contributed by atoms with van der Waals surface area (Å²) < 4.78 is 7.09. The molecule has 154 valence electrons. The molecule has 0 saturated carbocycles. The zero-order chi connectivity index (χ0) is 22.0. The van der Waals surface area contributed by atoms with Gasteiger partial charge in [0.05, 0.1) is 31.1 Å². The molecule has 31 heavy (non-hydrogen) atoms. The summed E-state index contributed by atoms with van der Waals surface area (Å²) in [7, 11) is 1.55. The van der Waals surface area contributed by atoms with Crippen LogP contribution >= 0.6 is 0 Å². The molecule has 3 heterocycles. The molecule has 4 aromatic rings. The Morgan fingerprint density at radius 3 is 2.90 bits per heavy atom. The number of imidazole rings is 1. The molecular weight excluding hydrogens is 394 g/mol. The van der Waals surface area contributed by atoms with Crippen LogP contribution in [0.3, 0.4) is 0 Å². The number of aromatic nitrogens is 4. The first-order chi connectivity index (χ1) is 15.1. The minimum absolute atomic E-state index is 0.165. The van der Waals surface area contributed by atoms with Crippen molar-refractivity contribution in [3.8, 4) is 28.1 Å². The zero-order valence-electron chi connectivity index (χ0n) is 17.0. The zero-order valence-corrected chi connectivity index (χ0v) is 17.0. The Balaban J connectivity index is 2.09. The number of carbonyl (C=O) groups is 1. The highest BCUT2D eigenvalue weighted by Gasteiger charge is 2.23. The van der Waals surface area contributed by atoms with E-state index in [1.807, 2.05) is 13.0 Å². The number of pyridine rings is 1. The highest BCUT2D eigenvalue weighted by molar-refractivity contribution is 5.97. The molecular formula is C22H19N7O2. The van der Waals surface area contributed by atoms with Crippen LogP contribution in [0.25, 0.3) is 32.9 Å². The number of ether oxygens (including phenoxy) is 1. The molecule has 3 N–H and O–H groups in total. The van der Waals surface area contributed by atoms with Crippen molar-refractivity contribution in [2.75, 3.05) is 19.4 Å². The van der Waals surface area contributed by atoms with Crippen LogP contribution in [-0.2, 0) is 0 Å². The Hall–Kier alpha value is -4.45. The molecule has 1 aromatic carbocycles. The maximum absolute atomic E-state index is 12.4. The van der Waals surface area contributed by atoms with Gasteiger partial charge in [-0.2, -0.15) is 0 Å². The normalized spacial score (nSPS) is 10.6. The number of nitrogens with one attached hydrogen (secondary N) is 1. The first kappa shape index (κ1) is 19.8. The summed E-state index contributed by atoms with van der Waals surface area (Å²) in [6.07, 6.45) is 4.78. The Kier molecular flexibility index (Phi) is 5.20. The van der Waals surface area contributed by atoms with Crippen LogP contribution < -0.4 is 15.8 Å².